The summed E-state index contributed by atoms with van der Waals surface area (Å²) in [7, 11) is 0. The van der Waals surface area contributed by atoms with E-state index in [0.29, 0.717) is 12.1 Å². The van der Waals surface area contributed by atoms with Crippen LogP contribution in [0.15, 0.2) is 48.5 Å². The van der Waals surface area contributed by atoms with Gasteiger partial charge in [0.1, 0.15) is 0 Å². The third kappa shape index (κ3) is 3.51. The Balaban J connectivity index is 1.78. The minimum absolute atomic E-state index is 0.100. The van der Waals surface area contributed by atoms with Crippen molar-refractivity contribution in [3.63, 3.8) is 0 Å². The summed E-state index contributed by atoms with van der Waals surface area (Å²) in [5.41, 5.74) is 3.41. The van der Waals surface area contributed by atoms with E-state index in [1.807, 2.05) is 41.3 Å². The SMILES string of the molecule is CC1(C)CCc2c(C#N)cccc2N1C(=O)NCCc1ccccc1. The summed E-state index contributed by atoms with van der Waals surface area (Å²) in [5.74, 6) is 0. The fourth-order valence-corrected chi connectivity index (χ4v) is 3.44. The third-order valence-corrected chi connectivity index (χ3v) is 4.84. The summed E-state index contributed by atoms with van der Waals surface area (Å²) in [6, 6.07) is 17.9. The molecule has 0 unspecified atom stereocenters. The summed E-state index contributed by atoms with van der Waals surface area (Å²) in [4.78, 5) is 14.7. The lowest BCUT2D eigenvalue weighted by Crippen LogP contribution is -2.55. The van der Waals surface area contributed by atoms with Crippen molar-refractivity contribution in [3.8, 4) is 6.07 Å². The molecule has 1 N–H and O–H groups in total. The monoisotopic (exact) mass is 333 g/mol. The van der Waals surface area contributed by atoms with Crippen LogP contribution < -0.4 is 10.2 Å². The molecular formula is C21H23N3O. The summed E-state index contributed by atoms with van der Waals surface area (Å²) in [5, 5.41) is 12.4. The molecule has 4 heteroatoms. The maximum atomic E-state index is 12.9. The molecule has 1 aliphatic heterocycles. The number of rotatable bonds is 3. The molecule has 0 bridgehead atoms. The Morgan fingerprint density at radius 3 is 2.68 bits per heavy atom. The Morgan fingerprint density at radius 2 is 1.96 bits per heavy atom. The quantitative estimate of drug-likeness (QED) is 0.921. The second-order valence-corrected chi connectivity index (χ2v) is 7.03. The van der Waals surface area contributed by atoms with Gasteiger partial charge in [0.05, 0.1) is 17.3 Å². The number of urea groups is 1. The highest BCUT2D eigenvalue weighted by atomic mass is 16.2. The Bertz CT molecular complexity index is 806. The molecule has 0 aliphatic carbocycles. The Hall–Kier alpha value is -2.80. The number of carbonyl (C=O) groups is 1. The lowest BCUT2D eigenvalue weighted by atomic mass is 9.85. The Kier molecular flexibility index (Phi) is 4.76. The zero-order valence-corrected chi connectivity index (χ0v) is 14.7. The second kappa shape index (κ2) is 6.98. The second-order valence-electron chi connectivity index (χ2n) is 7.03. The van der Waals surface area contributed by atoms with Crippen LogP contribution in [0.5, 0.6) is 0 Å². The number of nitriles is 1. The molecule has 1 aliphatic rings. The molecule has 0 saturated carbocycles. The van der Waals surface area contributed by atoms with Crippen molar-refractivity contribution in [1.82, 2.24) is 5.32 Å². The average molecular weight is 333 g/mol. The molecule has 0 spiro atoms. The van der Waals surface area contributed by atoms with Crippen molar-refractivity contribution in [3.05, 3.63) is 65.2 Å². The molecule has 0 fully saturated rings. The maximum Gasteiger partial charge on any atom is 0.322 e. The molecule has 4 nitrogen and oxygen atoms in total. The number of benzene rings is 2. The molecule has 25 heavy (non-hydrogen) atoms. The molecule has 0 radical (unpaired) electrons. The van der Waals surface area contributed by atoms with Gasteiger partial charge in [-0.25, -0.2) is 4.79 Å². The van der Waals surface area contributed by atoms with E-state index in [2.05, 4.69) is 37.4 Å². The lowest BCUT2D eigenvalue weighted by Gasteiger charge is -2.43. The largest absolute Gasteiger partial charge is 0.337 e. The van der Waals surface area contributed by atoms with Crippen molar-refractivity contribution in [2.45, 2.75) is 38.6 Å². The summed E-state index contributed by atoms with van der Waals surface area (Å²) >= 11 is 0. The number of fused-ring (bicyclic) bond motifs is 1. The van der Waals surface area contributed by atoms with Crippen LogP contribution in [0.4, 0.5) is 10.5 Å². The Labute approximate surface area is 149 Å². The summed E-state index contributed by atoms with van der Waals surface area (Å²) < 4.78 is 0. The van der Waals surface area contributed by atoms with Gasteiger partial charge < -0.3 is 5.32 Å². The van der Waals surface area contributed by atoms with Gasteiger partial charge in [0.25, 0.3) is 0 Å². The van der Waals surface area contributed by atoms with E-state index in [1.165, 1.54) is 5.56 Å². The lowest BCUT2D eigenvalue weighted by molar-refractivity contribution is 0.237. The van der Waals surface area contributed by atoms with Crippen LogP contribution in [0.3, 0.4) is 0 Å². The first-order valence-electron chi connectivity index (χ1n) is 8.67. The van der Waals surface area contributed by atoms with E-state index in [0.717, 1.165) is 30.5 Å². The molecule has 128 valence electrons. The van der Waals surface area contributed by atoms with Gasteiger partial charge in [-0.3, -0.25) is 4.90 Å². The molecule has 2 amide bonds. The van der Waals surface area contributed by atoms with Crippen molar-refractivity contribution in [2.75, 3.05) is 11.4 Å². The molecule has 0 saturated heterocycles. The number of hydrogen-bond donors (Lipinski definition) is 1. The molecule has 0 atom stereocenters. The molecule has 1 heterocycles. The standard InChI is InChI=1S/C21H23N3O/c1-21(2)13-11-18-17(15-22)9-6-10-19(18)24(21)20(25)23-14-12-16-7-4-3-5-8-16/h3-10H,11-14H2,1-2H3,(H,23,25). The predicted molar refractivity (Wildman–Crippen MR) is 99.6 cm³/mol. The maximum absolute atomic E-state index is 12.9. The van der Waals surface area contributed by atoms with Crippen LogP contribution in [0.25, 0.3) is 0 Å². The average Bonchev–Trinajstić information content (AvgIpc) is 2.61. The molecule has 2 aromatic rings. The smallest absolute Gasteiger partial charge is 0.322 e. The van der Waals surface area contributed by atoms with Crippen molar-refractivity contribution in [2.24, 2.45) is 0 Å². The van der Waals surface area contributed by atoms with Crippen LogP contribution in [0, 0.1) is 11.3 Å². The van der Waals surface area contributed by atoms with Crippen LogP contribution in [-0.4, -0.2) is 18.1 Å². The summed E-state index contributed by atoms with van der Waals surface area (Å²) in [6.45, 7) is 4.74. The highest BCUT2D eigenvalue weighted by Gasteiger charge is 2.37. The fourth-order valence-electron chi connectivity index (χ4n) is 3.44. The van der Waals surface area contributed by atoms with Crippen LogP contribution >= 0.6 is 0 Å². The minimum Gasteiger partial charge on any atom is -0.337 e. The van der Waals surface area contributed by atoms with Gasteiger partial charge >= 0.3 is 6.03 Å². The minimum atomic E-state index is -0.280. The van der Waals surface area contributed by atoms with E-state index in [9.17, 15) is 10.1 Å². The van der Waals surface area contributed by atoms with Gasteiger partial charge in [0, 0.05) is 12.1 Å². The molecule has 3 rings (SSSR count). The van der Waals surface area contributed by atoms with Crippen LogP contribution in [-0.2, 0) is 12.8 Å². The van der Waals surface area contributed by atoms with Crippen molar-refractivity contribution in [1.29, 1.82) is 5.26 Å². The van der Waals surface area contributed by atoms with Crippen LogP contribution in [0.1, 0.15) is 37.0 Å². The number of anilines is 1. The van der Waals surface area contributed by atoms with Gasteiger partial charge in [-0.1, -0.05) is 36.4 Å². The van der Waals surface area contributed by atoms with Gasteiger partial charge in [-0.05, 0) is 56.4 Å². The van der Waals surface area contributed by atoms with Gasteiger partial charge in [-0.2, -0.15) is 5.26 Å². The van der Waals surface area contributed by atoms with Crippen LogP contribution in [0.2, 0.25) is 0 Å². The van der Waals surface area contributed by atoms with E-state index >= 15 is 0 Å². The number of nitrogens with zero attached hydrogens (tertiary/aromatic N) is 2. The number of nitrogens with one attached hydrogen (secondary N) is 1. The molecule has 2 aromatic carbocycles. The van der Waals surface area contributed by atoms with E-state index in [4.69, 9.17) is 0 Å². The first-order valence-corrected chi connectivity index (χ1v) is 8.67. The molecular weight excluding hydrogens is 310 g/mol. The Morgan fingerprint density at radius 1 is 1.20 bits per heavy atom. The topological polar surface area (TPSA) is 56.1 Å². The van der Waals surface area contributed by atoms with E-state index < -0.39 is 0 Å². The third-order valence-electron chi connectivity index (χ3n) is 4.84. The highest BCUT2D eigenvalue weighted by Crippen LogP contribution is 2.38. The van der Waals surface area contributed by atoms with E-state index in [1.54, 1.807) is 0 Å². The molecule has 0 aromatic heterocycles. The first kappa shape index (κ1) is 17.0. The normalized spacial score (nSPS) is 15.2. The number of hydrogen-bond acceptors (Lipinski definition) is 2. The van der Waals surface area contributed by atoms with Gasteiger partial charge in [0.2, 0.25) is 0 Å². The van der Waals surface area contributed by atoms with Crippen molar-refractivity contribution < 1.29 is 4.79 Å². The van der Waals surface area contributed by atoms with Crippen molar-refractivity contribution >= 4 is 11.7 Å². The zero-order chi connectivity index (χ0) is 17.9. The predicted octanol–water partition coefficient (Wildman–Crippen LogP) is 4.04. The van der Waals surface area contributed by atoms with Gasteiger partial charge in [-0.15, -0.1) is 0 Å². The zero-order valence-electron chi connectivity index (χ0n) is 14.7. The summed E-state index contributed by atoms with van der Waals surface area (Å²) in [6.07, 6.45) is 2.45. The number of carbonyl (C=O) groups excluding carboxylic acids is 1. The van der Waals surface area contributed by atoms with E-state index in [-0.39, 0.29) is 11.6 Å². The first-order chi connectivity index (χ1) is 12.0. The fraction of sp³-hybridized carbons (Fsp3) is 0.333. The number of amides is 2. The van der Waals surface area contributed by atoms with Gasteiger partial charge in [0.15, 0.2) is 0 Å². The highest BCUT2D eigenvalue weighted by molar-refractivity contribution is 5.95.